The van der Waals surface area contributed by atoms with Crippen molar-refractivity contribution in [2.75, 3.05) is 0 Å². The molecule has 152 valence electrons. The number of ether oxygens (including phenoxy) is 1. The number of hydrogen-bond donors (Lipinski definition) is 2. The van der Waals surface area contributed by atoms with E-state index in [1.165, 1.54) is 12.1 Å². The smallest absolute Gasteiger partial charge is 0.408 e. The number of aromatic amines is 1. The zero-order valence-electron chi connectivity index (χ0n) is 16.2. The molecule has 0 bridgehead atoms. The number of carbonyl (C=O) groups excluding carboxylic acids is 4. The summed E-state index contributed by atoms with van der Waals surface area (Å²) in [6.45, 7) is 5.06. The van der Waals surface area contributed by atoms with Crippen molar-refractivity contribution in [3.63, 3.8) is 0 Å². The Morgan fingerprint density at radius 1 is 1.10 bits per heavy atom. The Kier molecular flexibility index (Phi) is 5.40. The summed E-state index contributed by atoms with van der Waals surface area (Å²) >= 11 is 0. The minimum absolute atomic E-state index is 0.0742. The predicted molar refractivity (Wildman–Crippen MR) is 101 cm³/mol. The number of H-pyrrole nitrogens is 1. The van der Waals surface area contributed by atoms with Gasteiger partial charge in [-0.15, -0.1) is 0 Å². The average molecular weight is 399 g/mol. The van der Waals surface area contributed by atoms with E-state index >= 15 is 0 Å². The Morgan fingerprint density at radius 3 is 2.24 bits per heavy atom. The van der Waals surface area contributed by atoms with Gasteiger partial charge in [-0.2, -0.15) is 0 Å². The van der Waals surface area contributed by atoms with E-state index in [2.05, 4.69) is 10.3 Å². The SMILES string of the molecule is CC(C)(C)OC(=O)NC(Cc1cc[nH]c1)C(=O)ON1C(=O)c2ccccc2C1=O. The van der Waals surface area contributed by atoms with Gasteiger partial charge in [-0.3, -0.25) is 9.59 Å². The number of nitrogens with one attached hydrogen (secondary N) is 2. The van der Waals surface area contributed by atoms with Gasteiger partial charge in [0.1, 0.15) is 11.6 Å². The van der Waals surface area contributed by atoms with Crippen molar-refractivity contribution in [1.29, 1.82) is 0 Å². The van der Waals surface area contributed by atoms with Gasteiger partial charge in [0.05, 0.1) is 11.1 Å². The molecular formula is C20H21N3O6. The number of fused-ring (bicyclic) bond motifs is 1. The summed E-state index contributed by atoms with van der Waals surface area (Å²) in [6, 6.07) is 6.70. The monoisotopic (exact) mass is 399 g/mol. The first-order valence-corrected chi connectivity index (χ1v) is 8.96. The maximum Gasteiger partial charge on any atom is 0.408 e. The molecule has 0 radical (unpaired) electrons. The van der Waals surface area contributed by atoms with Gasteiger partial charge in [-0.25, -0.2) is 9.59 Å². The van der Waals surface area contributed by atoms with Crippen molar-refractivity contribution < 1.29 is 28.8 Å². The number of alkyl carbamates (subject to hydrolysis) is 1. The molecule has 29 heavy (non-hydrogen) atoms. The van der Waals surface area contributed by atoms with Gasteiger partial charge in [-0.1, -0.05) is 17.2 Å². The highest BCUT2D eigenvalue weighted by Gasteiger charge is 2.40. The summed E-state index contributed by atoms with van der Waals surface area (Å²) in [5.41, 5.74) is 0.236. The number of benzene rings is 1. The van der Waals surface area contributed by atoms with Gasteiger partial charge in [0.25, 0.3) is 11.8 Å². The van der Waals surface area contributed by atoms with Crippen LogP contribution in [0.5, 0.6) is 0 Å². The zero-order valence-corrected chi connectivity index (χ0v) is 16.2. The predicted octanol–water partition coefficient (Wildman–Crippen LogP) is 2.20. The molecule has 0 fully saturated rings. The molecule has 1 atom stereocenters. The van der Waals surface area contributed by atoms with Crippen LogP contribution >= 0.6 is 0 Å². The van der Waals surface area contributed by atoms with Crippen LogP contribution in [0.2, 0.25) is 0 Å². The number of nitrogens with zero attached hydrogens (tertiary/aromatic N) is 1. The second-order valence-electron chi connectivity index (χ2n) is 7.48. The summed E-state index contributed by atoms with van der Waals surface area (Å²) in [5.74, 6) is -2.44. The first kappa shape index (κ1) is 20.1. The lowest BCUT2D eigenvalue weighted by Crippen LogP contribution is -2.48. The lowest BCUT2D eigenvalue weighted by molar-refractivity contribution is -0.171. The van der Waals surface area contributed by atoms with Gasteiger partial charge in [0, 0.05) is 18.8 Å². The van der Waals surface area contributed by atoms with Crippen molar-refractivity contribution in [2.24, 2.45) is 0 Å². The molecule has 2 heterocycles. The molecule has 3 rings (SSSR count). The third-order valence-corrected chi connectivity index (χ3v) is 4.02. The van der Waals surface area contributed by atoms with E-state index in [9.17, 15) is 19.2 Å². The largest absolute Gasteiger partial charge is 0.444 e. The average Bonchev–Trinajstić information content (AvgIpc) is 3.23. The van der Waals surface area contributed by atoms with Crippen LogP contribution < -0.4 is 5.32 Å². The molecule has 1 aliphatic rings. The molecule has 0 saturated heterocycles. The molecule has 1 aromatic carbocycles. The van der Waals surface area contributed by atoms with Crippen LogP contribution in [-0.4, -0.2) is 45.6 Å². The second kappa shape index (κ2) is 7.78. The van der Waals surface area contributed by atoms with Crippen LogP contribution in [0.3, 0.4) is 0 Å². The number of aromatic nitrogens is 1. The standard InChI is InChI=1S/C20H21N3O6/c1-20(2,3)28-19(27)22-15(10-12-8-9-21-11-12)18(26)29-23-16(24)13-6-4-5-7-14(13)17(23)25/h4-9,11,15,21H,10H2,1-3H3,(H,22,27). The quantitative estimate of drug-likeness (QED) is 0.745. The molecule has 0 aliphatic carbocycles. The van der Waals surface area contributed by atoms with Gasteiger partial charge in [0.2, 0.25) is 0 Å². The Morgan fingerprint density at radius 2 is 1.72 bits per heavy atom. The third kappa shape index (κ3) is 4.63. The molecule has 2 N–H and O–H groups in total. The Balaban J connectivity index is 1.75. The number of hydroxylamine groups is 2. The Bertz CT molecular complexity index is 910. The van der Waals surface area contributed by atoms with Crippen molar-refractivity contribution in [3.8, 4) is 0 Å². The highest BCUT2D eigenvalue weighted by atomic mass is 16.7. The molecule has 9 heteroatoms. The first-order chi connectivity index (χ1) is 13.7. The van der Waals surface area contributed by atoms with Crippen molar-refractivity contribution in [3.05, 3.63) is 59.4 Å². The van der Waals surface area contributed by atoms with Gasteiger partial charge in [-0.05, 0) is 44.5 Å². The minimum Gasteiger partial charge on any atom is -0.444 e. The molecule has 1 aromatic heterocycles. The maximum absolute atomic E-state index is 12.7. The molecule has 3 amide bonds. The van der Waals surface area contributed by atoms with E-state index in [-0.39, 0.29) is 17.5 Å². The summed E-state index contributed by atoms with van der Waals surface area (Å²) in [6.07, 6.45) is 2.57. The van der Waals surface area contributed by atoms with E-state index in [1.807, 2.05) is 0 Å². The van der Waals surface area contributed by atoms with Crippen LogP contribution in [0, 0.1) is 0 Å². The number of amides is 3. The lowest BCUT2D eigenvalue weighted by atomic mass is 10.1. The molecule has 0 saturated carbocycles. The molecule has 2 aromatic rings. The Hall–Kier alpha value is -3.62. The van der Waals surface area contributed by atoms with Crippen LogP contribution in [0.15, 0.2) is 42.7 Å². The normalized spacial score (nSPS) is 14.4. The van der Waals surface area contributed by atoms with Crippen molar-refractivity contribution >= 4 is 23.9 Å². The molecular weight excluding hydrogens is 378 g/mol. The number of rotatable bonds is 5. The number of carbonyl (C=O) groups is 4. The van der Waals surface area contributed by atoms with Crippen molar-refractivity contribution in [2.45, 2.75) is 38.8 Å². The van der Waals surface area contributed by atoms with E-state index in [1.54, 1.807) is 51.4 Å². The van der Waals surface area contributed by atoms with Gasteiger partial charge in [0.15, 0.2) is 0 Å². The first-order valence-electron chi connectivity index (χ1n) is 8.96. The van der Waals surface area contributed by atoms with Crippen LogP contribution in [-0.2, 0) is 20.8 Å². The fourth-order valence-corrected chi connectivity index (χ4v) is 2.77. The van der Waals surface area contributed by atoms with E-state index in [4.69, 9.17) is 9.57 Å². The Labute approximate surface area is 166 Å². The summed E-state index contributed by atoms with van der Waals surface area (Å²) in [5, 5.41) is 2.85. The molecule has 1 aliphatic heterocycles. The van der Waals surface area contributed by atoms with Crippen LogP contribution in [0.4, 0.5) is 4.79 Å². The van der Waals surface area contributed by atoms with Gasteiger partial charge >= 0.3 is 12.1 Å². The second-order valence-corrected chi connectivity index (χ2v) is 7.48. The van der Waals surface area contributed by atoms with Crippen molar-refractivity contribution in [1.82, 2.24) is 15.4 Å². The van der Waals surface area contributed by atoms with Crippen LogP contribution in [0.25, 0.3) is 0 Å². The lowest BCUT2D eigenvalue weighted by Gasteiger charge is -2.23. The molecule has 9 nitrogen and oxygen atoms in total. The third-order valence-electron chi connectivity index (χ3n) is 4.02. The van der Waals surface area contributed by atoms with Gasteiger partial charge < -0.3 is 19.9 Å². The fourth-order valence-electron chi connectivity index (χ4n) is 2.77. The molecule has 0 spiro atoms. The fraction of sp³-hybridized carbons (Fsp3) is 0.300. The zero-order chi connectivity index (χ0) is 21.2. The summed E-state index contributed by atoms with van der Waals surface area (Å²) < 4.78 is 5.19. The molecule has 1 unspecified atom stereocenters. The maximum atomic E-state index is 12.7. The van der Waals surface area contributed by atoms with E-state index in [0.717, 1.165) is 0 Å². The van der Waals surface area contributed by atoms with E-state index < -0.39 is 35.5 Å². The highest BCUT2D eigenvalue weighted by molar-refractivity contribution is 6.20. The number of imide groups is 1. The van der Waals surface area contributed by atoms with E-state index in [0.29, 0.717) is 10.6 Å². The minimum atomic E-state index is -1.18. The summed E-state index contributed by atoms with van der Waals surface area (Å²) in [7, 11) is 0. The number of hydrogen-bond acceptors (Lipinski definition) is 6. The highest BCUT2D eigenvalue weighted by Crippen LogP contribution is 2.23. The topological polar surface area (TPSA) is 118 Å². The van der Waals surface area contributed by atoms with Crippen LogP contribution in [0.1, 0.15) is 47.1 Å². The summed E-state index contributed by atoms with van der Waals surface area (Å²) in [4.78, 5) is 57.6.